The Bertz CT molecular complexity index is 1950. The zero-order chi connectivity index (χ0) is 26.5. The lowest BCUT2D eigenvalue weighted by molar-refractivity contribution is -0.138. The maximum absolute atomic E-state index is 16.1. The molecule has 2 aromatic carbocycles. The molecule has 10 heteroatoms. The normalized spacial score (nSPS) is 14.3. The molecular weight excluding hydrogens is 501 g/mol. The fraction of sp³-hybridized carbons (Fsp3) is 0.214. The molecule has 38 heavy (non-hydrogen) atoms. The van der Waals surface area contributed by atoms with Crippen molar-refractivity contribution in [3.8, 4) is 0 Å². The molecule has 1 aliphatic rings. The first-order valence-corrected chi connectivity index (χ1v) is 12.1. The second-order valence-corrected chi connectivity index (χ2v) is 9.81. The number of fused-ring (bicyclic) bond motifs is 10. The third-order valence-corrected chi connectivity index (χ3v) is 7.63. The summed E-state index contributed by atoms with van der Waals surface area (Å²) in [6.45, 7) is 4.18. The average Bonchev–Trinajstić information content (AvgIpc) is 3.51. The molecule has 0 unspecified atom stereocenters. The number of nitrogens with one attached hydrogen (secondary N) is 1. The topological polar surface area (TPSA) is 49.2 Å². The molecule has 0 atom stereocenters. The van der Waals surface area contributed by atoms with E-state index < -0.39 is 17.6 Å². The second kappa shape index (κ2) is 7.66. The van der Waals surface area contributed by atoms with Crippen molar-refractivity contribution >= 4 is 43.9 Å². The van der Waals surface area contributed by atoms with E-state index in [1.165, 1.54) is 0 Å². The quantitative estimate of drug-likeness (QED) is 0.187. The highest BCUT2D eigenvalue weighted by Crippen LogP contribution is 2.42. The van der Waals surface area contributed by atoms with E-state index >= 15 is 4.39 Å². The molecule has 192 valence electrons. The molecule has 1 N–H and O–H groups in total. The molecule has 1 aliphatic heterocycles. The van der Waals surface area contributed by atoms with Crippen molar-refractivity contribution in [1.82, 2.24) is 19.6 Å². The van der Waals surface area contributed by atoms with Gasteiger partial charge in [-0.25, -0.2) is 18.3 Å². The smallest absolute Gasteiger partial charge is 0.361 e. The van der Waals surface area contributed by atoms with Gasteiger partial charge in [0.2, 0.25) is 0 Å². The van der Waals surface area contributed by atoms with Crippen LogP contribution in [0, 0.1) is 25.5 Å². The van der Waals surface area contributed by atoms with Gasteiger partial charge < -0.3 is 9.88 Å². The van der Waals surface area contributed by atoms with Crippen LogP contribution in [0.4, 0.5) is 27.8 Å². The highest BCUT2D eigenvalue weighted by Gasteiger charge is 2.34. The first kappa shape index (κ1) is 22.9. The Morgan fingerprint density at radius 2 is 1.82 bits per heavy atom. The van der Waals surface area contributed by atoms with E-state index in [1.54, 1.807) is 18.0 Å². The Kier molecular flexibility index (Phi) is 4.62. The van der Waals surface area contributed by atoms with Gasteiger partial charge in [-0.1, -0.05) is 18.2 Å². The number of aryl methyl sites for hydroxylation is 2. The van der Waals surface area contributed by atoms with Crippen molar-refractivity contribution in [2.45, 2.75) is 33.0 Å². The van der Waals surface area contributed by atoms with Crippen LogP contribution in [0.3, 0.4) is 0 Å². The number of alkyl halides is 3. The molecule has 0 fully saturated rings. The van der Waals surface area contributed by atoms with E-state index in [2.05, 4.69) is 9.97 Å². The van der Waals surface area contributed by atoms with E-state index in [4.69, 9.17) is 5.10 Å². The first-order valence-electron chi connectivity index (χ1n) is 12.1. The predicted molar refractivity (Wildman–Crippen MR) is 135 cm³/mol. The molecule has 0 aliphatic carbocycles. The van der Waals surface area contributed by atoms with E-state index in [9.17, 15) is 17.6 Å². The minimum Gasteiger partial charge on any atom is -0.361 e. The van der Waals surface area contributed by atoms with Gasteiger partial charge >= 0.3 is 6.18 Å². The molecule has 6 aromatic rings. The van der Waals surface area contributed by atoms with Gasteiger partial charge in [-0.3, -0.25) is 0 Å². The van der Waals surface area contributed by atoms with Gasteiger partial charge in [-0.15, -0.1) is 0 Å². The summed E-state index contributed by atoms with van der Waals surface area (Å²) >= 11 is 0. The number of anilines is 1. The van der Waals surface area contributed by atoms with E-state index in [1.807, 2.05) is 35.7 Å². The average molecular weight is 521 g/mol. The Morgan fingerprint density at radius 1 is 1.00 bits per heavy atom. The molecule has 0 radical (unpaired) electrons. The standard InChI is InChI=1S/C28H20F5N5/c1-13-4-3-5-17-21-22(16-6-8-34-24(16)14(2)23(21)30)26-18-12-37(9-7-20(18)36-38(26)25(13)17)27-19(29)10-15(11-35-27)28(31,32)33/h3-6,8,10-11,34H,7,9,12H2,1-2H3. The van der Waals surface area contributed by atoms with E-state index in [0.29, 0.717) is 52.6 Å². The lowest BCUT2D eigenvalue weighted by Crippen LogP contribution is -2.31. The van der Waals surface area contributed by atoms with Gasteiger partial charge in [0.15, 0.2) is 11.6 Å². The second-order valence-electron chi connectivity index (χ2n) is 9.81. The van der Waals surface area contributed by atoms with Crippen LogP contribution in [-0.2, 0) is 19.1 Å². The van der Waals surface area contributed by atoms with Crippen LogP contribution in [0.2, 0.25) is 0 Å². The molecule has 0 bridgehead atoms. The van der Waals surface area contributed by atoms with Crippen LogP contribution in [0.1, 0.15) is 27.9 Å². The van der Waals surface area contributed by atoms with Crippen molar-refractivity contribution in [2.24, 2.45) is 0 Å². The molecule has 0 saturated heterocycles. The number of benzene rings is 2. The van der Waals surface area contributed by atoms with Gasteiger partial charge in [0, 0.05) is 64.6 Å². The largest absolute Gasteiger partial charge is 0.417 e. The number of nitrogens with zero attached hydrogens (tertiary/aromatic N) is 4. The molecule has 4 aromatic heterocycles. The molecule has 5 heterocycles. The number of pyridine rings is 2. The first-order chi connectivity index (χ1) is 18.1. The summed E-state index contributed by atoms with van der Waals surface area (Å²) in [4.78, 5) is 8.60. The third-order valence-electron chi connectivity index (χ3n) is 7.63. The van der Waals surface area contributed by atoms with Crippen molar-refractivity contribution in [1.29, 1.82) is 0 Å². The maximum atomic E-state index is 16.1. The Morgan fingerprint density at radius 3 is 2.58 bits per heavy atom. The van der Waals surface area contributed by atoms with Crippen LogP contribution in [0.5, 0.6) is 0 Å². The molecule has 7 rings (SSSR count). The number of aromatic amines is 1. The van der Waals surface area contributed by atoms with Crippen LogP contribution < -0.4 is 4.90 Å². The van der Waals surface area contributed by atoms with Crippen LogP contribution in [0.15, 0.2) is 42.7 Å². The fourth-order valence-corrected chi connectivity index (χ4v) is 5.86. The minimum atomic E-state index is -4.69. The summed E-state index contributed by atoms with van der Waals surface area (Å²) in [6, 6.07) is 8.11. The summed E-state index contributed by atoms with van der Waals surface area (Å²) in [5, 5.41) is 7.68. The number of hydrogen-bond acceptors (Lipinski definition) is 3. The predicted octanol–water partition coefficient (Wildman–Crippen LogP) is 6.99. The molecule has 0 amide bonds. The molecule has 0 spiro atoms. The lowest BCUT2D eigenvalue weighted by Gasteiger charge is -2.28. The zero-order valence-corrected chi connectivity index (χ0v) is 20.3. The van der Waals surface area contributed by atoms with E-state index in [-0.39, 0.29) is 18.2 Å². The van der Waals surface area contributed by atoms with Crippen LogP contribution in [-0.4, -0.2) is 26.1 Å². The Balaban J connectivity index is 1.54. The summed E-state index contributed by atoms with van der Waals surface area (Å²) in [5.41, 5.74) is 4.03. The summed E-state index contributed by atoms with van der Waals surface area (Å²) in [7, 11) is 0. The lowest BCUT2D eigenvalue weighted by atomic mass is 9.94. The van der Waals surface area contributed by atoms with Gasteiger partial charge in [0.05, 0.1) is 27.8 Å². The fourth-order valence-electron chi connectivity index (χ4n) is 5.86. The van der Waals surface area contributed by atoms with Crippen molar-refractivity contribution < 1.29 is 22.0 Å². The number of halogens is 5. The molecule has 5 nitrogen and oxygen atoms in total. The zero-order valence-electron chi connectivity index (χ0n) is 20.3. The van der Waals surface area contributed by atoms with Crippen molar-refractivity contribution in [3.05, 3.63) is 82.3 Å². The highest BCUT2D eigenvalue weighted by atomic mass is 19.4. The number of hydrogen-bond donors (Lipinski definition) is 1. The number of para-hydroxylation sites is 1. The maximum Gasteiger partial charge on any atom is 0.417 e. The van der Waals surface area contributed by atoms with E-state index in [0.717, 1.165) is 33.1 Å². The van der Waals surface area contributed by atoms with Crippen molar-refractivity contribution in [3.63, 3.8) is 0 Å². The highest BCUT2D eigenvalue weighted by molar-refractivity contribution is 6.24. The number of aromatic nitrogens is 4. The summed E-state index contributed by atoms with van der Waals surface area (Å²) in [6.07, 6.45) is -1.84. The monoisotopic (exact) mass is 521 g/mol. The Labute approximate surface area is 212 Å². The summed E-state index contributed by atoms with van der Waals surface area (Å²) < 4.78 is 72.0. The summed E-state index contributed by atoms with van der Waals surface area (Å²) in [5.74, 6) is -1.52. The van der Waals surface area contributed by atoms with Crippen molar-refractivity contribution in [2.75, 3.05) is 11.4 Å². The number of H-pyrrole nitrogens is 1. The number of rotatable bonds is 1. The Hall–Kier alpha value is -4.21. The van der Waals surface area contributed by atoms with Gasteiger partial charge in [-0.05, 0) is 31.5 Å². The molecule has 0 saturated carbocycles. The van der Waals surface area contributed by atoms with Gasteiger partial charge in [-0.2, -0.15) is 18.3 Å². The van der Waals surface area contributed by atoms with Crippen LogP contribution >= 0.6 is 0 Å². The minimum absolute atomic E-state index is 0.155. The van der Waals surface area contributed by atoms with Crippen LogP contribution in [0.25, 0.3) is 38.1 Å². The van der Waals surface area contributed by atoms with Gasteiger partial charge in [0.25, 0.3) is 0 Å². The molecular formula is C28H20F5N5. The SMILES string of the molecule is Cc1c(F)c2c3cccc(C)c3n3nc4c(c3c2c2cc[nH]c12)CN(c1ncc(C(F)(F)F)cc1F)CC4. The van der Waals surface area contributed by atoms with Gasteiger partial charge in [0.1, 0.15) is 5.82 Å². The third kappa shape index (κ3) is 3.03.